The lowest BCUT2D eigenvalue weighted by molar-refractivity contribution is 0.0924. The van der Waals surface area contributed by atoms with Crippen LogP contribution in [-0.2, 0) is 0 Å². The van der Waals surface area contributed by atoms with Crippen LogP contribution < -0.4 is 5.32 Å². The molecular formula is C14H19N3O. The SMILES string of the molecule is CC(C)C(C)(C)CNC(=O)c1ccnc(C#N)c1. The van der Waals surface area contributed by atoms with Gasteiger partial charge in [-0.3, -0.25) is 4.79 Å². The fourth-order valence-corrected chi connectivity index (χ4v) is 1.25. The van der Waals surface area contributed by atoms with Crippen molar-refractivity contribution in [1.82, 2.24) is 10.3 Å². The van der Waals surface area contributed by atoms with Crippen LogP contribution in [0.2, 0.25) is 0 Å². The largest absolute Gasteiger partial charge is 0.351 e. The van der Waals surface area contributed by atoms with Crippen molar-refractivity contribution >= 4 is 5.91 Å². The highest BCUT2D eigenvalue weighted by Crippen LogP contribution is 2.24. The Labute approximate surface area is 108 Å². The first-order valence-electron chi connectivity index (χ1n) is 6.01. The molecule has 0 aliphatic carbocycles. The third-order valence-electron chi connectivity index (χ3n) is 3.40. The van der Waals surface area contributed by atoms with Crippen molar-refractivity contribution in [2.75, 3.05) is 6.54 Å². The van der Waals surface area contributed by atoms with E-state index in [9.17, 15) is 4.79 Å². The Morgan fingerprint density at radius 1 is 1.56 bits per heavy atom. The van der Waals surface area contributed by atoms with Gasteiger partial charge in [-0.05, 0) is 23.5 Å². The van der Waals surface area contributed by atoms with Gasteiger partial charge in [-0.25, -0.2) is 4.98 Å². The molecule has 0 aromatic carbocycles. The van der Waals surface area contributed by atoms with E-state index < -0.39 is 0 Å². The number of nitrogens with zero attached hydrogens (tertiary/aromatic N) is 2. The Hall–Kier alpha value is -1.89. The standard InChI is InChI=1S/C14H19N3O/c1-10(2)14(3,4)9-17-13(18)11-5-6-16-12(7-11)8-15/h5-7,10H,9H2,1-4H3,(H,17,18). The Kier molecular flexibility index (Phi) is 4.43. The zero-order valence-corrected chi connectivity index (χ0v) is 11.3. The summed E-state index contributed by atoms with van der Waals surface area (Å²) in [7, 11) is 0. The molecule has 0 aliphatic heterocycles. The maximum atomic E-state index is 11.9. The Morgan fingerprint density at radius 2 is 2.22 bits per heavy atom. The molecule has 0 radical (unpaired) electrons. The van der Waals surface area contributed by atoms with Crippen molar-refractivity contribution in [2.45, 2.75) is 27.7 Å². The summed E-state index contributed by atoms with van der Waals surface area (Å²) in [6.07, 6.45) is 1.47. The molecule has 0 bridgehead atoms. The molecule has 0 fully saturated rings. The summed E-state index contributed by atoms with van der Waals surface area (Å²) in [6.45, 7) is 9.10. The summed E-state index contributed by atoms with van der Waals surface area (Å²) in [5.74, 6) is 0.313. The van der Waals surface area contributed by atoms with Gasteiger partial charge in [0, 0.05) is 18.3 Å². The van der Waals surface area contributed by atoms with Gasteiger partial charge in [0.05, 0.1) is 0 Å². The molecule has 0 saturated heterocycles. The van der Waals surface area contributed by atoms with E-state index in [0.717, 1.165) is 0 Å². The first kappa shape index (κ1) is 14.2. The van der Waals surface area contributed by atoms with E-state index in [1.165, 1.54) is 12.3 Å². The summed E-state index contributed by atoms with van der Waals surface area (Å²) in [5, 5.41) is 11.6. The fraction of sp³-hybridized carbons (Fsp3) is 0.500. The number of pyridine rings is 1. The first-order chi connectivity index (χ1) is 8.36. The topological polar surface area (TPSA) is 65.8 Å². The highest BCUT2D eigenvalue weighted by molar-refractivity contribution is 5.94. The molecule has 1 N–H and O–H groups in total. The highest BCUT2D eigenvalue weighted by atomic mass is 16.1. The lowest BCUT2D eigenvalue weighted by atomic mass is 9.81. The van der Waals surface area contributed by atoms with E-state index in [2.05, 4.69) is 38.0 Å². The van der Waals surface area contributed by atoms with E-state index >= 15 is 0 Å². The molecular weight excluding hydrogens is 226 g/mol. The van der Waals surface area contributed by atoms with Crippen molar-refractivity contribution in [3.63, 3.8) is 0 Å². The molecule has 1 rings (SSSR count). The number of hydrogen-bond donors (Lipinski definition) is 1. The molecule has 4 nitrogen and oxygen atoms in total. The van der Waals surface area contributed by atoms with Gasteiger partial charge in [0.25, 0.3) is 5.91 Å². The monoisotopic (exact) mass is 245 g/mol. The van der Waals surface area contributed by atoms with Crippen LogP contribution in [0.15, 0.2) is 18.3 Å². The summed E-state index contributed by atoms with van der Waals surface area (Å²) < 4.78 is 0. The van der Waals surface area contributed by atoms with E-state index in [4.69, 9.17) is 5.26 Å². The highest BCUT2D eigenvalue weighted by Gasteiger charge is 2.23. The molecule has 0 saturated carbocycles. The number of rotatable bonds is 4. The van der Waals surface area contributed by atoms with E-state index in [0.29, 0.717) is 18.0 Å². The summed E-state index contributed by atoms with van der Waals surface area (Å²) in [5.41, 5.74) is 0.771. The van der Waals surface area contributed by atoms with Gasteiger partial charge in [-0.1, -0.05) is 27.7 Å². The predicted molar refractivity (Wildman–Crippen MR) is 69.9 cm³/mol. The van der Waals surface area contributed by atoms with Gasteiger partial charge in [-0.2, -0.15) is 5.26 Å². The number of nitriles is 1. The molecule has 0 aliphatic rings. The minimum absolute atomic E-state index is 0.0424. The molecule has 0 unspecified atom stereocenters. The van der Waals surface area contributed by atoms with Crippen LogP contribution in [0.1, 0.15) is 43.7 Å². The molecule has 0 spiro atoms. The van der Waals surface area contributed by atoms with Crippen LogP contribution in [0.3, 0.4) is 0 Å². The number of amides is 1. The Bertz CT molecular complexity index is 472. The average molecular weight is 245 g/mol. The summed E-state index contributed by atoms with van der Waals surface area (Å²) >= 11 is 0. The number of nitrogens with one attached hydrogen (secondary N) is 1. The number of hydrogen-bond acceptors (Lipinski definition) is 3. The van der Waals surface area contributed by atoms with Gasteiger partial charge in [0.15, 0.2) is 0 Å². The number of carbonyl (C=O) groups excluding carboxylic acids is 1. The lowest BCUT2D eigenvalue weighted by Crippen LogP contribution is -2.37. The van der Waals surface area contributed by atoms with Crippen molar-refractivity contribution in [3.8, 4) is 6.07 Å². The van der Waals surface area contributed by atoms with Crippen LogP contribution in [0.5, 0.6) is 0 Å². The molecule has 18 heavy (non-hydrogen) atoms. The molecule has 1 heterocycles. The maximum absolute atomic E-state index is 11.9. The molecule has 96 valence electrons. The molecule has 0 atom stereocenters. The van der Waals surface area contributed by atoms with E-state index in [1.807, 2.05) is 6.07 Å². The number of aromatic nitrogens is 1. The van der Waals surface area contributed by atoms with E-state index in [-0.39, 0.29) is 17.0 Å². The minimum atomic E-state index is -0.164. The summed E-state index contributed by atoms with van der Waals surface area (Å²) in [6, 6.07) is 5.03. The minimum Gasteiger partial charge on any atom is -0.351 e. The van der Waals surface area contributed by atoms with Crippen LogP contribution in [0.4, 0.5) is 0 Å². The average Bonchev–Trinajstić information content (AvgIpc) is 2.36. The van der Waals surface area contributed by atoms with Crippen molar-refractivity contribution in [1.29, 1.82) is 5.26 Å². The smallest absolute Gasteiger partial charge is 0.251 e. The van der Waals surface area contributed by atoms with E-state index in [1.54, 1.807) is 6.07 Å². The van der Waals surface area contributed by atoms with Crippen molar-refractivity contribution < 1.29 is 4.79 Å². The second-order valence-corrected chi connectivity index (χ2v) is 5.37. The van der Waals surface area contributed by atoms with Gasteiger partial charge < -0.3 is 5.32 Å². The fourth-order valence-electron chi connectivity index (χ4n) is 1.25. The zero-order valence-electron chi connectivity index (χ0n) is 11.3. The van der Waals surface area contributed by atoms with Gasteiger partial charge in [-0.15, -0.1) is 0 Å². The van der Waals surface area contributed by atoms with Crippen LogP contribution >= 0.6 is 0 Å². The third-order valence-corrected chi connectivity index (χ3v) is 3.40. The lowest BCUT2D eigenvalue weighted by Gasteiger charge is -2.29. The maximum Gasteiger partial charge on any atom is 0.251 e. The van der Waals surface area contributed by atoms with Crippen LogP contribution in [0.25, 0.3) is 0 Å². The van der Waals surface area contributed by atoms with Crippen LogP contribution in [0, 0.1) is 22.7 Å². The normalized spacial score (nSPS) is 11.1. The number of carbonyl (C=O) groups is 1. The zero-order chi connectivity index (χ0) is 13.8. The second-order valence-electron chi connectivity index (χ2n) is 5.37. The second kappa shape index (κ2) is 5.63. The van der Waals surface area contributed by atoms with Crippen LogP contribution in [-0.4, -0.2) is 17.4 Å². The third kappa shape index (κ3) is 3.56. The molecule has 1 aromatic heterocycles. The Morgan fingerprint density at radius 3 is 2.78 bits per heavy atom. The van der Waals surface area contributed by atoms with Gasteiger partial charge >= 0.3 is 0 Å². The van der Waals surface area contributed by atoms with Gasteiger partial charge in [0.2, 0.25) is 0 Å². The van der Waals surface area contributed by atoms with Crippen molar-refractivity contribution in [3.05, 3.63) is 29.6 Å². The molecule has 1 aromatic rings. The van der Waals surface area contributed by atoms with Crippen molar-refractivity contribution in [2.24, 2.45) is 11.3 Å². The molecule has 1 amide bonds. The first-order valence-corrected chi connectivity index (χ1v) is 6.01. The van der Waals surface area contributed by atoms with Gasteiger partial charge in [0.1, 0.15) is 11.8 Å². The predicted octanol–water partition coefficient (Wildman–Crippen LogP) is 2.37. The summed E-state index contributed by atoms with van der Waals surface area (Å²) in [4.78, 5) is 15.8. The quantitative estimate of drug-likeness (QED) is 0.885. The molecule has 4 heteroatoms. The Balaban J connectivity index is 2.69.